The van der Waals surface area contributed by atoms with E-state index in [0.717, 1.165) is 71.9 Å². The Bertz CT molecular complexity index is 4630. The monoisotopic (exact) mass is 938 g/mol. The largest absolute Gasteiger partial charge is 0.247 e. The summed E-state index contributed by atoms with van der Waals surface area (Å²) in [4.78, 5) is 20.8. The molecule has 0 radical (unpaired) electrons. The van der Waals surface area contributed by atoms with Gasteiger partial charge in [-0.3, -0.25) is 0 Å². The number of nitrogens with zero attached hydrogens (tertiary/aromatic N) is 4. The second kappa shape index (κ2) is 16.9. The number of rotatable bonds is 6. The lowest BCUT2D eigenvalue weighted by molar-refractivity contribution is 1.07. The van der Waals surface area contributed by atoms with E-state index in [0.29, 0.717) is 17.5 Å². The molecule has 0 amide bonds. The second-order valence-electron chi connectivity index (χ2n) is 19.2. The van der Waals surface area contributed by atoms with Crippen LogP contribution in [0.2, 0.25) is 0 Å². The van der Waals surface area contributed by atoms with Gasteiger partial charge in [0.1, 0.15) is 0 Å². The molecule has 4 nitrogen and oxygen atoms in total. The number of pyridine rings is 1. The molecule has 0 spiro atoms. The summed E-state index contributed by atoms with van der Waals surface area (Å²) in [7, 11) is 0. The maximum atomic E-state index is 5.68. The fraction of sp³-hybridized carbons (Fsp3) is 0. The zero-order valence-electron chi connectivity index (χ0n) is 40.0. The number of aromatic nitrogens is 4. The number of hydrogen-bond donors (Lipinski definition) is 0. The summed E-state index contributed by atoms with van der Waals surface area (Å²) in [6.45, 7) is 0. The molecule has 2 aromatic heterocycles. The van der Waals surface area contributed by atoms with Crippen molar-refractivity contribution in [3.63, 3.8) is 0 Å². The highest BCUT2D eigenvalue weighted by atomic mass is 15.0. The third-order valence-corrected chi connectivity index (χ3v) is 15.1. The van der Waals surface area contributed by atoms with Crippen LogP contribution in [0.5, 0.6) is 0 Å². The standard InChI is InChI=1S/C70H42N4/c1-3-17-44(18-4-1)68-72-69(45-19-5-2-6-20-45)74-70(73-68)46-33-31-43(32-34-46)62-42-66(48-36-38-59-54-26-10-8-22-50(54)52-24-12-14-28-56(52)64(59)40-48)71-67-60-30-16-15-29-57(60)61(41-65(62)67)47-35-37-58-53-25-9-7-21-49(53)51-23-11-13-27-55(51)63(58)39-47/h1-42H. The van der Waals surface area contributed by atoms with Gasteiger partial charge in [-0.15, -0.1) is 0 Å². The first-order valence-electron chi connectivity index (χ1n) is 25.2. The molecule has 4 heteroatoms. The lowest BCUT2D eigenvalue weighted by Gasteiger charge is -2.17. The smallest absolute Gasteiger partial charge is 0.164 e. The average Bonchev–Trinajstić information content (AvgIpc) is 3.50. The lowest BCUT2D eigenvalue weighted by atomic mass is 9.88. The highest BCUT2D eigenvalue weighted by Gasteiger charge is 2.20. The topological polar surface area (TPSA) is 51.6 Å². The van der Waals surface area contributed by atoms with E-state index in [2.05, 4.69) is 194 Å². The molecule has 0 N–H and O–H groups in total. The Morgan fingerprint density at radius 1 is 0.176 bits per heavy atom. The first kappa shape index (κ1) is 41.8. The summed E-state index contributed by atoms with van der Waals surface area (Å²) in [5.41, 5.74) is 10.2. The van der Waals surface area contributed by atoms with Crippen molar-refractivity contribution in [2.75, 3.05) is 0 Å². The van der Waals surface area contributed by atoms with Crippen molar-refractivity contribution in [3.8, 4) is 67.7 Å². The minimum Gasteiger partial charge on any atom is -0.247 e. The predicted molar refractivity (Wildman–Crippen MR) is 310 cm³/mol. The molecule has 15 rings (SSSR count). The Morgan fingerprint density at radius 2 is 0.500 bits per heavy atom. The van der Waals surface area contributed by atoms with Gasteiger partial charge in [-0.25, -0.2) is 19.9 Å². The summed E-state index contributed by atoms with van der Waals surface area (Å²) >= 11 is 0. The minimum absolute atomic E-state index is 0.616. The Balaban J connectivity index is 0.964. The molecule has 0 saturated carbocycles. The number of fused-ring (bicyclic) bond motifs is 15. The summed E-state index contributed by atoms with van der Waals surface area (Å²) in [6.07, 6.45) is 0. The van der Waals surface area contributed by atoms with Crippen molar-refractivity contribution in [2.24, 2.45) is 0 Å². The van der Waals surface area contributed by atoms with Gasteiger partial charge in [0.05, 0.1) is 11.2 Å². The molecule has 15 aromatic rings. The summed E-state index contributed by atoms with van der Waals surface area (Å²) in [6, 6.07) is 91.5. The van der Waals surface area contributed by atoms with Gasteiger partial charge < -0.3 is 0 Å². The van der Waals surface area contributed by atoms with Gasteiger partial charge in [0.25, 0.3) is 0 Å². The molecule has 0 fully saturated rings. The van der Waals surface area contributed by atoms with E-state index < -0.39 is 0 Å². The molecule has 0 aliphatic rings. The normalized spacial score (nSPS) is 11.8. The molecule has 342 valence electrons. The quantitative estimate of drug-likeness (QED) is 0.156. The van der Waals surface area contributed by atoms with Crippen LogP contribution in [0.3, 0.4) is 0 Å². The molecule has 0 saturated heterocycles. The first-order valence-corrected chi connectivity index (χ1v) is 25.2. The van der Waals surface area contributed by atoms with E-state index in [1.807, 2.05) is 60.7 Å². The maximum absolute atomic E-state index is 5.68. The van der Waals surface area contributed by atoms with E-state index in [-0.39, 0.29) is 0 Å². The van der Waals surface area contributed by atoms with Gasteiger partial charge in [-0.1, -0.05) is 231 Å². The Hall–Kier alpha value is -9.90. The molecule has 2 heterocycles. The van der Waals surface area contributed by atoms with Crippen molar-refractivity contribution < 1.29 is 0 Å². The van der Waals surface area contributed by atoms with Crippen LogP contribution in [-0.2, 0) is 0 Å². The average molecular weight is 939 g/mol. The molecular formula is C70H42N4. The molecule has 0 aliphatic carbocycles. The molecular weight excluding hydrogens is 897 g/mol. The van der Waals surface area contributed by atoms with Gasteiger partial charge in [0.15, 0.2) is 17.5 Å². The summed E-state index contributed by atoms with van der Waals surface area (Å²) in [5, 5.41) is 18.3. The van der Waals surface area contributed by atoms with E-state index >= 15 is 0 Å². The zero-order valence-corrected chi connectivity index (χ0v) is 40.0. The van der Waals surface area contributed by atoms with E-state index in [4.69, 9.17) is 19.9 Å². The van der Waals surface area contributed by atoms with E-state index in [1.54, 1.807) is 0 Å². The van der Waals surface area contributed by atoms with Crippen LogP contribution in [0.25, 0.3) is 154 Å². The Labute approximate surface area is 426 Å². The third kappa shape index (κ3) is 6.77. The van der Waals surface area contributed by atoms with Crippen LogP contribution in [0, 0.1) is 0 Å². The van der Waals surface area contributed by atoms with E-state index in [9.17, 15) is 0 Å². The zero-order chi connectivity index (χ0) is 48.7. The molecule has 0 unspecified atom stereocenters. The van der Waals surface area contributed by atoms with Crippen molar-refractivity contribution in [1.29, 1.82) is 0 Å². The molecule has 0 atom stereocenters. The fourth-order valence-corrected chi connectivity index (χ4v) is 11.6. The van der Waals surface area contributed by atoms with Crippen molar-refractivity contribution in [3.05, 3.63) is 255 Å². The van der Waals surface area contributed by atoms with Crippen molar-refractivity contribution >= 4 is 86.3 Å². The third-order valence-electron chi connectivity index (χ3n) is 15.1. The SMILES string of the molecule is c1ccc(-c2nc(-c3ccccc3)nc(-c3ccc(-c4cc(-c5ccc6c7ccccc7c7ccccc7c6c5)nc5c4cc(-c4ccc6c7ccccc7c7ccccc7c6c4)c4ccccc45)cc3)n2)cc1. The highest BCUT2D eigenvalue weighted by molar-refractivity contribution is 6.27. The number of hydrogen-bond acceptors (Lipinski definition) is 4. The molecule has 74 heavy (non-hydrogen) atoms. The Kier molecular flexibility index (Phi) is 9.54. The fourth-order valence-electron chi connectivity index (χ4n) is 11.6. The summed E-state index contributed by atoms with van der Waals surface area (Å²) < 4.78 is 0. The maximum Gasteiger partial charge on any atom is 0.164 e. The van der Waals surface area contributed by atoms with Gasteiger partial charge in [0, 0.05) is 33.0 Å². The van der Waals surface area contributed by atoms with Crippen LogP contribution in [-0.4, -0.2) is 19.9 Å². The van der Waals surface area contributed by atoms with Gasteiger partial charge >= 0.3 is 0 Å². The van der Waals surface area contributed by atoms with Gasteiger partial charge in [0.2, 0.25) is 0 Å². The van der Waals surface area contributed by atoms with E-state index in [1.165, 1.54) is 64.6 Å². The summed E-state index contributed by atoms with van der Waals surface area (Å²) in [5.74, 6) is 1.88. The second-order valence-corrected chi connectivity index (χ2v) is 19.2. The van der Waals surface area contributed by atoms with Crippen molar-refractivity contribution in [1.82, 2.24) is 19.9 Å². The Morgan fingerprint density at radius 3 is 0.973 bits per heavy atom. The minimum atomic E-state index is 0.616. The van der Waals surface area contributed by atoms with Crippen LogP contribution >= 0.6 is 0 Å². The predicted octanol–water partition coefficient (Wildman–Crippen LogP) is 18.5. The van der Waals surface area contributed by atoms with Gasteiger partial charge in [-0.2, -0.15) is 0 Å². The number of benzene rings is 13. The van der Waals surface area contributed by atoms with Crippen LogP contribution < -0.4 is 0 Å². The van der Waals surface area contributed by atoms with Crippen LogP contribution in [0.15, 0.2) is 255 Å². The van der Waals surface area contributed by atoms with Crippen molar-refractivity contribution in [2.45, 2.75) is 0 Å². The lowest BCUT2D eigenvalue weighted by Crippen LogP contribution is -2.00. The van der Waals surface area contributed by atoms with Crippen LogP contribution in [0.4, 0.5) is 0 Å². The first-order chi connectivity index (χ1) is 36.7. The molecule has 0 aliphatic heterocycles. The molecule has 13 aromatic carbocycles. The van der Waals surface area contributed by atoms with Gasteiger partial charge in [-0.05, 0) is 117 Å². The molecule has 0 bridgehead atoms. The highest BCUT2D eigenvalue weighted by Crippen LogP contribution is 2.44. The van der Waals surface area contributed by atoms with Crippen LogP contribution in [0.1, 0.15) is 0 Å².